The highest BCUT2D eigenvalue weighted by Crippen LogP contribution is 2.59. The number of amides is 1. The second kappa shape index (κ2) is 9.59. The van der Waals surface area contributed by atoms with E-state index >= 15 is 0 Å². The first kappa shape index (κ1) is 24.7. The summed E-state index contributed by atoms with van der Waals surface area (Å²) < 4.78 is 39.7. The molecule has 4 nitrogen and oxygen atoms in total. The zero-order chi connectivity index (χ0) is 24.9. The van der Waals surface area contributed by atoms with Crippen molar-refractivity contribution in [2.45, 2.75) is 102 Å². The molecule has 0 radical (unpaired) electrons. The van der Waals surface area contributed by atoms with Gasteiger partial charge in [0.15, 0.2) is 0 Å². The number of halogens is 3. The number of carbonyl (C=O) groups is 1. The minimum atomic E-state index is -4.41. The molecule has 3 aliphatic carbocycles. The van der Waals surface area contributed by atoms with Crippen LogP contribution >= 0.6 is 0 Å². The zero-order valence-corrected chi connectivity index (χ0v) is 21.4. The number of hydrogen-bond acceptors (Lipinski definition) is 3. The first-order valence-electron chi connectivity index (χ1n) is 14.4. The maximum atomic E-state index is 14.0. The molecule has 6 rings (SSSR count). The molecular weight excluding hydrogens is 463 g/mol. The smallest absolute Gasteiger partial charge is 0.337 e. The maximum absolute atomic E-state index is 14.0. The van der Waals surface area contributed by atoms with Crippen molar-refractivity contribution in [3.63, 3.8) is 0 Å². The molecule has 4 fully saturated rings. The molecular formula is C29H40F3N3O. The molecule has 5 aliphatic rings. The Labute approximate surface area is 213 Å². The molecule has 0 aromatic carbocycles. The number of aromatic nitrogens is 1. The highest BCUT2D eigenvalue weighted by molar-refractivity contribution is 5.84. The molecule has 198 valence electrons. The number of likely N-dealkylation sites (tertiary alicyclic amines) is 1. The van der Waals surface area contributed by atoms with Crippen LogP contribution in [0.25, 0.3) is 0 Å². The third kappa shape index (κ3) is 4.58. The number of hydrogen-bond donors (Lipinski definition) is 0. The summed E-state index contributed by atoms with van der Waals surface area (Å²) in [6.45, 7) is 3.42. The molecule has 36 heavy (non-hydrogen) atoms. The Balaban J connectivity index is 1.09. The van der Waals surface area contributed by atoms with Gasteiger partial charge >= 0.3 is 6.18 Å². The van der Waals surface area contributed by atoms with Crippen molar-refractivity contribution in [3.8, 4) is 0 Å². The quantitative estimate of drug-likeness (QED) is 0.489. The Morgan fingerprint density at radius 1 is 1.03 bits per heavy atom. The van der Waals surface area contributed by atoms with Crippen LogP contribution in [0.4, 0.5) is 13.2 Å². The summed E-state index contributed by atoms with van der Waals surface area (Å²) in [6, 6.07) is 2.01. The van der Waals surface area contributed by atoms with E-state index in [1.807, 2.05) is 4.90 Å². The standard InChI is InChI=1S/C29H40F3N3O/c30-29(31,32)24-16-22-19-35(13-9-26(22)33-18-24)27(36)28-10-3-4-23(28)15-21(17-28)14-20-5-7-25(8-6-20)34-11-1-2-12-34/h16,18,20-21,23,25H,1-15,17,19H2. The molecule has 0 spiro atoms. The van der Waals surface area contributed by atoms with E-state index < -0.39 is 11.7 Å². The summed E-state index contributed by atoms with van der Waals surface area (Å²) in [6.07, 6.45) is 11.8. The molecule has 7 heteroatoms. The number of fused-ring (bicyclic) bond motifs is 2. The molecule has 0 N–H and O–H groups in total. The van der Waals surface area contributed by atoms with Crippen LogP contribution in [-0.2, 0) is 23.9 Å². The molecule has 3 saturated carbocycles. The summed E-state index contributed by atoms with van der Waals surface area (Å²) in [5.41, 5.74) is 0.290. The Morgan fingerprint density at radius 2 is 1.81 bits per heavy atom. The Kier molecular flexibility index (Phi) is 6.58. The van der Waals surface area contributed by atoms with Gasteiger partial charge in [-0.15, -0.1) is 0 Å². The molecule has 2 aliphatic heterocycles. The molecule has 0 bridgehead atoms. The van der Waals surface area contributed by atoms with Crippen molar-refractivity contribution in [1.29, 1.82) is 0 Å². The second-order valence-electron chi connectivity index (χ2n) is 12.5. The van der Waals surface area contributed by atoms with Gasteiger partial charge in [-0.3, -0.25) is 9.78 Å². The highest BCUT2D eigenvalue weighted by atomic mass is 19.4. The van der Waals surface area contributed by atoms with Crippen LogP contribution in [0.5, 0.6) is 0 Å². The van der Waals surface area contributed by atoms with Gasteiger partial charge in [0, 0.05) is 37.4 Å². The van der Waals surface area contributed by atoms with Crippen molar-refractivity contribution in [1.82, 2.24) is 14.8 Å². The van der Waals surface area contributed by atoms with Gasteiger partial charge in [0.1, 0.15) is 0 Å². The number of pyridine rings is 1. The Bertz CT molecular complexity index is 967. The minimum absolute atomic E-state index is 0.216. The summed E-state index contributed by atoms with van der Waals surface area (Å²) in [7, 11) is 0. The van der Waals surface area contributed by atoms with E-state index in [1.165, 1.54) is 70.5 Å². The average molecular weight is 504 g/mol. The molecule has 3 atom stereocenters. The first-order valence-corrected chi connectivity index (χ1v) is 14.4. The van der Waals surface area contributed by atoms with Crippen molar-refractivity contribution in [3.05, 3.63) is 29.1 Å². The van der Waals surface area contributed by atoms with E-state index in [4.69, 9.17) is 0 Å². The van der Waals surface area contributed by atoms with Gasteiger partial charge in [0.2, 0.25) is 5.91 Å². The maximum Gasteiger partial charge on any atom is 0.417 e. The van der Waals surface area contributed by atoms with Crippen LogP contribution in [0.1, 0.15) is 93.9 Å². The van der Waals surface area contributed by atoms with Gasteiger partial charge in [-0.25, -0.2) is 0 Å². The number of alkyl halides is 3. The summed E-state index contributed by atoms with van der Waals surface area (Å²) in [4.78, 5) is 22.7. The predicted molar refractivity (Wildman–Crippen MR) is 132 cm³/mol. The summed E-state index contributed by atoms with van der Waals surface area (Å²) in [5.74, 6) is 2.10. The van der Waals surface area contributed by atoms with E-state index in [0.717, 1.165) is 43.8 Å². The van der Waals surface area contributed by atoms with E-state index in [-0.39, 0.29) is 17.9 Å². The van der Waals surface area contributed by atoms with Crippen LogP contribution in [0.3, 0.4) is 0 Å². The average Bonchev–Trinajstić information content (AvgIpc) is 3.60. The first-order chi connectivity index (χ1) is 17.3. The largest absolute Gasteiger partial charge is 0.417 e. The topological polar surface area (TPSA) is 36.4 Å². The van der Waals surface area contributed by atoms with E-state index in [9.17, 15) is 18.0 Å². The normalized spacial score (nSPS) is 35.1. The Hall–Kier alpha value is -1.63. The summed E-state index contributed by atoms with van der Waals surface area (Å²) >= 11 is 0. The fraction of sp³-hybridized carbons (Fsp3) is 0.793. The van der Waals surface area contributed by atoms with Gasteiger partial charge in [0.05, 0.1) is 11.0 Å². The molecule has 3 heterocycles. The van der Waals surface area contributed by atoms with Crippen LogP contribution in [0.15, 0.2) is 12.3 Å². The van der Waals surface area contributed by atoms with Gasteiger partial charge in [-0.1, -0.05) is 6.42 Å². The lowest BCUT2D eigenvalue weighted by molar-refractivity contribution is -0.144. The van der Waals surface area contributed by atoms with Gasteiger partial charge in [-0.05, 0) is 113 Å². The fourth-order valence-corrected chi connectivity index (χ4v) is 8.70. The van der Waals surface area contributed by atoms with Gasteiger partial charge in [-0.2, -0.15) is 13.2 Å². The molecule has 1 aromatic heterocycles. The zero-order valence-electron chi connectivity index (χ0n) is 21.4. The fourth-order valence-electron chi connectivity index (χ4n) is 8.70. The lowest BCUT2D eigenvalue weighted by atomic mass is 9.76. The van der Waals surface area contributed by atoms with Crippen molar-refractivity contribution in [2.24, 2.45) is 23.2 Å². The number of carbonyl (C=O) groups excluding carboxylic acids is 1. The van der Waals surface area contributed by atoms with Gasteiger partial charge in [0.25, 0.3) is 0 Å². The summed E-state index contributed by atoms with van der Waals surface area (Å²) in [5, 5.41) is 0. The molecule has 1 aromatic rings. The molecule has 1 amide bonds. The third-order valence-electron chi connectivity index (χ3n) is 10.4. The number of rotatable bonds is 4. The lowest BCUT2D eigenvalue weighted by Crippen LogP contribution is -2.46. The lowest BCUT2D eigenvalue weighted by Gasteiger charge is -2.38. The SMILES string of the molecule is O=C(N1CCc2ncc(C(F)(F)F)cc2C1)C12CCCC1CC(CC1CCC(N3CCCC3)CC1)C2. The van der Waals surface area contributed by atoms with E-state index in [1.54, 1.807) is 0 Å². The van der Waals surface area contributed by atoms with Crippen molar-refractivity contribution >= 4 is 5.91 Å². The highest BCUT2D eigenvalue weighted by Gasteiger charge is 2.56. The Morgan fingerprint density at radius 3 is 2.56 bits per heavy atom. The molecule has 3 unspecified atom stereocenters. The van der Waals surface area contributed by atoms with E-state index in [2.05, 4.69) is 9.88 Å². The van der Waals surface area contributed by atoms with Crippen molar-refractivity contribution in [2.75, 3.05) is 19.6 Å². The second-order valence-corrected chi connectivity index (χ2v) is 12.5. The van der Waals surface area contributed by atoms with Crippen LogP contribution in [-0.4, -0.2) is 46.4 Å². The van der Waals surface area contributed by atoms with Crippen LogP contribution in [0, 0.1) is 23.2 Å². The van der Waals surface area contributed by atoms with Crippen LogP contribution in [0.2, 0.25) is 0 Å². The van der Waals surface area contributed by atoms with Gasteiger partial charge < -0.3 is 9.80 Å². The van der Waals surface area contributed by atoms with Crippen LogP contribution < -0.4 is 0 Å². The number of nitrogens with zero attached hydrogens (tertiary/aromatic N) is 3. The predicted octanol–water partition coefficient (Wildman–Crippen LogP) is 6.23. The minimum Gasteiger partial charge on any atom is -0.337 e. The monoisotopic (exact) mass is 503 g/mol. The van der Waals surface area contributed by atoms with Crippen molar-refractivity contribution < 1.29 is 18.0 Å². The molecule has 1 saturated heterocycles. The third-order valence-corrected chi connectivity index (χ3v) is 10.4. The van der Waals surface area contributed by atoms with E-state index in [0.29, 0.717) is 36.1 Å².